The van der Waals surface area contributed by atoms with E-state index in [4.69, 9.17) is 15.2 Å². The second kappa shape index (κ2) is 13.5. The minimum absolute atomic E-state index is 0.0716. The molecule has 6 atom stereocenters. The standard InChI is InChI=1S/C34H46N4O11/c1-16(39)48-9-10-49-32(46)38(15-33(2,3)4)14-18-13-21(36(5)6)19-11-17-12-20-25(37(7)8)28(42)24(31(35)45)30(44)34(20,47)29(43)22(17)27(41)23(19)26(18)40/h13,17,20,22,24-25,40,47H,9-12,14-15H2,1-8H3,(H2,35,45). The average molecular weight is 687 g/mol. The molecule has 2 saturated carbocycles. The van der Waals surface area contributed by atoms with Gasteiger partial charge in [0.05, 0.1) is 24.1 Å². The zero-order chi connectivity index (χ0) is 36.9. The molecular weight excluding hydrogens is 640 g/mol. The van der Waals surface area contributed by atoms with Crippen LogP contribution in [0, 0.1) is 29.1 Å². The Morgan fingerprint density at radius 1 is 1.02 bits per heavy atom. The summed E-state index contributed by atoms with van der Waals surface area (Å²) in [6.07, 6.45) is -0.730. The first-order valence-electron chi connectivity index (χ1n) is 16.1. The van der Waals surface area contributed by atoms with Crippen LogP contribution in [-0.4, -0.2) is 121 Å². The molecule has 0 bridgehead atoms. The number of Topliss-reactive ketones (excluding diaryl/α,β-unsaturated/α-hetero) is 4. The Kier molecular flexibility index (Phi) is 10.3. The van der Waals surface area contributed by atoms with Crippen LogP contribution in [-0.2, 0) is 46.4 Å². The number of aliphatic hydroxyl groups is 1. The van der Waals surface area contributed by atoms with Gasteiger partial charge in [-0.25, -0.2) is 4.79 Å². The van der Waals surface area contributed by atoms with Crippen LogP contribution in [0.5, 0.6) is 5.75 Å². The highest BCUT2D eigenvalue weighted by atomic mass is 16.6. The quantitative estimate of drug-likeness (QED) is 0.183. The summed E-state index contributed by atoms with van der Waals surface area (Å²) in [5.74, 6) is -12.0. The highest BCUT2D eigenvalue weighted by Crippen LogP contribution is 2.52. The van der Waals surface area contributed by atoms with Gasteiger partial charge in [-0.15, -0.1) is 0 Å². The number of phenolic OH excluding ortho intramolecular Hbond substituents is 1. The normalized spacial score (nSPS) is 26.4. The molecule has 15 heteroatoms. The van der Waals surface area contributed by atoms with Crippen molar-refractivity contribution >= 4 is 46.8 Å². The first-order chi connectivity index (χ1) is 22.6. The van der Waals surface area contributed by atoms with E-state index in [-0.39, 0.29) is 50.3 Å². The van der Waals surface area contributed by atoms with Gasteiger partial charge in [0.25, 0.3) is 0 Å². The highest BCUT2D eigenvalue weighted by Gasteiger charge is 2.69. The number of rotatable bonds is 9. The van der Waals surface area contributed by atoms with E-state index in [1.807, 2.05) is 20.8 Å². The first-order valence-corrected chi connectivity index (χ1v) is 16.1. The number of hydrogen-bond donors (Lipinski definition) is 3. The lowest BCUT2D eigenvalue weighted by Crippen LogP contribution is -2.74. The van der Waals surface area contributed by atoms with Crippen molar-refractivity contribution < 1.29 is 53.2 Å². The number of anilines is 1. The Labute approximate surface area is 284 Å². The maximum absolute atomic E-state index is 14.4. The van der Waals surface area contributed by atoms with Crippen LogP contribution in [0.4, 0.5) is 10.5 Å². The molecule has 15 nitrogen and oxygen atoms in total. The van der Waals surface area contributed by atoms with Gasteiger partial charge in [0.2, 0.25) is 5.91 Å². The Morgan fingerprint density at radius 3 is 2.16 bits per heavy atom. The minimum atomic E-state index is -2.84. The largest absolute Gasteiger partial charge is 0.507 e. The number of phenols is 1. The number of fused-ring (bicyclic) bond motifs is 3. The van der Waals surface area contributed by atoms with E-state index in [2.05, 4.69) is 0 Å². The van der Waals surface area contributed by atoms with Crippen LogP contribution >= 0.6 is 0 Å². The summed E-state index contributed by atoms with van der Waals surface area (Å²) in [4.78, 5) is 96.6. The molecule has 2 fully saturated rings. The van der Waals surface area contributed by atoms with Crippen LogP contribution in [0.25, 0.3) is 0 Å². The highest BCUT2D eigenvalue weighted by molar-refractivity contribution is 6.32. The van der Waals surface area contributed by atoms with E-state index in [1.165, 1.54) is 30.8 Å². The van der Waals surface area contributed by atoms with Crippen molar-refractivity contribution in [2.45, 2.75) is 58.7 Å². The summed E-state index contributed by atoms with van der Waals surface area (Å²) in [6.45, 7) is 6.53. The molecule has 268 valence electrons. The Hall–Kier alpha value is -4.37. The molecular formula is C34H46N4O11. The van der Waals surface area contributed by atoms with E-state index in [9.17, 15) is 43.8 Å². The molecule has 4 rings (SSSR count). The number of benzene rings is 1. The number of nitrogens with two attached hydrogens (primary N) is 1. The van der Waals surface area contributed by atoms with Gasteiger partial charge in [-0.1, -0.05) is 20.8 Å². The van der Waals surface area contributed by atoms with Gasteiger partial charge in [0, 0.05) is 44.7 Å². The van der Waals surface area contributed by atoms with E-state index in [1.54, 1.807) is 25.1 Å². The summed E-state index contributed by atoms with van der Waals surface area (Å²) in [6, 6.07) is 0.450. The van der Waals surface area contributed by atoms with Gasteiger partial charge in [-0.2, -0.15) is 0 Å². The molecule has 3 aliphatic carbocycles. The van der Waals surface area contributed by atoms with Crippen LogP contribution in [0.1, 0.15) is 55.6 Å². The second-order valence-electron chi connectivity index (χ2n) is 14.8. The van der Waals surface area contributed by atoms with E-state index in [0.29, 0.717) is 11.3 Å². The van der Waals surface area contributed by atoms with E-state index in [0.717, 1.165) is 0 Å². The number of aromatic hydroxyl groups is 1. The van der Waals surface area contributed by atoms with Crippen molar-refractivity contribution in [3.05, 3.63) is 22.8 Å². The monoisotopic (exact) mass is 686 g/mol. The number of likely N-dealkylation sites (N-methyl/N-ethyl adjacent to an activating group) is 1. The van der Waals surface area contributed by atoms with Crippen molar-refractivity contribution in [2.75, 3.05) is 52.8 Å². The number of esters is 1. The molecule has 2 amide bonds. The summed E-state index contributed by atoms with van der Waals surface area (Å²) >= 11 is 0. The molecule has 4 N–H and O–H groups in total. The van der Waals surface area contributed by atoms with Crippen molar-refractivity contribution in [3.63, 3.8) is 0 Å². The molecule has 0 aromatic heterocycles. The van der Waals surface area contributed by atoms with Gasteiger partial charge in [0.1, 0.15) is 19.0 Å². The number of carbonyl (C=O) groups is 7. The predicted molar refractivity (Wildman–Crippen MR) is 174 cm³/mol. The average Bonchev–Trinajstić information content (AvgIpc) is 2.96. The van der Waals surface area contributed by atoms with E-state index >= 15 is 0 Å². The topological polar surface area (TPSA) is 214 Å². The summed E-state index contributed by atoms with van der Waals surface area (Å²) in [5, 5.41) is 23.5. The number of nitrogens with zero attached hydrogens (tertiary/aromatic N) is 3. The van der Waals surface area contributed by atoms with Crippen molar-refractivity contribution in [1.29, 1.82) is 0 Å². The van der Waals surface area contributed by atoms with Gasteiger partial charge >= 0.3 is 12.1 Å². The summed E-state index contributed by atoms with van der Waals surface area (Å²) < 4.78 is 10.2. The van der Waals surface area contributed by atoms with Crippen LogP contribution in [0.3, 0.4) is 0 Å². The number of hydrogen-bond acceptors (Lipinski definition) is 13. The maximum atomic E-state index is 14.4. The number of amides is 2. The molecule has 49 heavy (non-hydrogen) atoms. The first kappa shape index (κ1) is 37.4. The fraction of sp³-hybridized carbons (Fsp3) is 0.618. The maximum Gasteiger partial charge on any atom is 0.410 e. The fourth-order valence-corrected chi connectivity index (χ4v) is 7.59. The van der Waals surface area contributed by atoms with Gasteiger partial charge in [-0.05, 0) is 49.9 Å². The summed E-state index contributed by atoms with van der Waals surface area (Å²) in [5.41, 5.74) is 3.12. The lowest BCUT2D eigenvalue weighted by atomic mass is 9.52. The van der Waals surface area contributed by atoms with Crippen molar-refractivity contribution in [1.82, 2.24) is 9.80 Å². The number of carbonyl (C=O) groups excluding carboxylic acids is 7. The zero-order valence-corrected chi connectivity index (χ0v) is 29.2. The predicted octanol–water partition coefficient (Wildman–Crippen LogP) is 0.481. The molecule has 6 unspecified atom stereocenters. The third-order valence-corrected chi connectivity index (χ3v) is 9.50. The molecule has 0 heterocycles. The Bertz CT molecular complexity index is 1600. The van der Waals surface area contributed by atoms with Crippen LogP contribution in [0.15, 0.2) is 6.07 Å². The molecule has 1 aromatic rings. The molecule has 3 aliphatic rings. The van der Waals surface area contributed by atoms with Crippen molar-refractivity contribution in [3.8, 4) is 5.75 Å². The van der Waals surface area contributed by atoms with Crippen molar-refractivity contribution in [2.24, 2.45) is 34.8 Å². The molecule has 0 saturated heterocycles. The molecule has 1 aromatic carbocycles. The Balaban J connectivity index is 1.79. The number of ether oxygens (including phenoxy) is 2. The van der Waals surface area contributed by atoms with Gasteiger partial charge in [-0.3, -0.25) is 33.7 Å². The molecule has 0 aliphatic heterocycles. The summed E-state index contributed by atoms with van der Waals surface area (Å²) in [7, 11) is 6.52. The van der Waals surface area contributed by atoms with Crippen LogP contribution < -0.4 is 10.6 Å². The smallest absolute Gasteiger partial charge is 0.410 e. The zero-order valence-electron chi connectivity index (χ0n) is 29.2. The van der Waals surface area contributed by atoms with E-state index < -0.39 is 87.6 Å². The second-order valence-corrected chi connectivity index (χ2v) is 14.8. The fourth-order valence-electron chi connectivity index (χ4n) is 7.59. The third-order valence-electron chi connectivity index (χ3n) is 9.50. The van der Waals surface area contributed by atoms with Crippen LogP contribution in [0.2, 0.25) is 0 Å². The number of ketones is 4. The minimum Gasteiger partial charge on any atom is -0.507 e. The Morgan fingerprint density at radius 2 is 1.63 bits per heavy atom. The molecule has 0 spiro atoms. The third kappa shape index (κ3) is 6.78. The molecule has 0 radical (unpaired) electrons. The lowest BCUT2D eigenvalue weighted by Gasteiger charge is -2.52. The number of primary amides is 1. The van der Waals surface area contributed by atoms with Gasteiger partial charge in [0.15, 0.2) is 34.7 Å². The SMILES string of the molecule is CC(=O)OCCOC(=O)N(Cc1cc(N(C)C)c2c(c1O)C(=O)C1C(=O)C3(O)C(=O)C(C(N)=O)C(=O)C(N(C)C)C3CC1C2)CC(C)(C)C. The van der Waals surface area contributed by atoms with Gasteiger partial charge < -0.3 is 35.2 Å². The lowest BCUT2D eigenvalue weighted by molar-refractivity contribution is -0.181.